The fourth-order valence-corrected chi connectivity index (χ4v) is 1.43. The summed E-state index contributed by atoms with van der Waals surface area (Å²) in [4.78, 5) is 4.18. The van der Waals surface area contributed by atoms with E-state index in [9.17, 15) is 0 Å². The molecule has 2 rings (SSSR count). The Kier molecular flexibility index (Phi) is 1.46. The van der Waals surface area contributed by atoms with Crippen LogP contribution in [0, 0.1) is 6.92 Å². The second kappa shape index (κ2) is 2.34. The summed E-state index contributed by atoms with van der Waals surface area (Å²) in [5, 5.41) is 0. The maximum atomic E-state index is 4.18. The van der Waals surface area contributed by atoms with Gasteiger partial charge in [-0.05, 0) is 35.0 Å². The highest BCUT2D eigenvalue weighted by molar-refractivity contribution is 9.10. The van der Waals surface area contributed by atoms with Crippen LogP contribution in [-0.2, 0) is 0 Å². The van der Waals surface area contributed by atoms with Crippen molar-refractivity contribution in [3.63, 3.8) is 0 Å². The molecule has 0 bridgehead atoms. The van der Waals surface area contributed by atoms with Crippen molar-refractivity contribution in [1.82, 2.24) is 9.38 Å². The Balaban J connectivity index is 2.87. The summed E-state index contributed by atoms with van der Waals surface area (Å²) in [6.45, 7) is 1.99. The second-order valence-electron chi connectivity index (χ2n) is 2.45. The summed E-state index contributed by atoms with van der Waals surface area (Å²) in [5.41, 5.74) is 1.13. The second-order valence-corrected chi connectivity index (χ2v) is 3.36. The van der Waals surface area contributed by atoms with E-state index in [0.29, 0.717) is 0 Å². The summed E-state index contributed by atoms with van der Waals surface area (Å²) in [6, 6.07) is 4.04. The number of fused-ring (bicyclic) bond motifs is 1. The van der Waals surface area contributed by atoms with Crippen molar-refractivity contribution in [3.8, 4) is 0 Å². The van der Waals surface area contributed by atoms with Crippen LogP contribution in [0.2, 0.25) is 0 Å². The zero-order valence-corrected chi connectivity index (χ0v) is 7.67. The van der Waals surface area contributed by atoms with Crippen LogP contribution < -0.4 is 0 Å². The van der Waals surface area contributed by atoms with Crippen LogP contribution in [0.4, 0.5) is 0 Å². The number of halogens is 1. The average Bonchev–Trinajstić information content (AvgIpc) is 2.33. The number of pyridine rings is 1. The molecule has 0 unspecified atom stereocenters. The van der Waals surface area contributed by atoms with Gasteiger partial charge in [-0.2, -0.15) is 0 Å². The smallest absolute Gasteiger partial charge is 0.110 e. The monoisotopic (exact) mass is 210 g/mol. The van der Waals surface area contributed by atoms with Gasteiger partial charge in [0.2, 0.25) is 0 Å². The first-order chi connectivity index (χ1) is 5.27. The molecule has 0 saturated carbocycles. The normalized spacial score (nSPS) is 10.7. The van der Waals surface area contributed by atoms with Gasteiger partial charge in [0.15, 0.2) is 0 Å². The molecule has 3 heteroatoms. The first-order valence-electron chi connectivity index (χ1n) is 3.36. The number of aromatic nitrogens is 2. The van der Waals surface area contributed by atoms with Gasteiger partial charge in [0.25, 0.3) is 0 Å². The molecule has 0 N–H and O–H groups in total. The Hall–Kier alpha value is -0.830. The molecule has 0 aliphatic carbocycles. The zero-order valence-electron chi connectivity index (χ0n) is 6.08. The molecule has 2 nitrogen and oxygen atoms in total. The first kappa shape index (κ1) is 6.85. The Morgan fingerprint density at radius 1 is 1.45 bits per heavy atom. The topological polar surface area (TPSA) is 17.3 Å². The first-order valence-corrected chi connectivity index (χ1v) is 4.16. The summed E-state index contributed by atoms with van der Waals surface area (Å²) in [7, 11) is 0. The quantitative estimate of drug-likeness (QED) is 0.653. The number of nitrogens with zero attached hydrogens (tertiary/aromatic N) is 2. The summed E-state index contributed by atoms with van der Waals surface area (Å²) >= 11 is 3.40. The van der Waals surface area contributed by atoms with E-state index in [1.807, 2.05) is 35.9 Å². The molecular formula is C8H7BrN2. The van der Waals surface area contributed by atoms with Gasteiger partial charge in [-0.15, -0.1) is 0 Å². The lowest BCUT2D eigenvalue weighted by Gasteiger charge is -1.95. The Labute approximate surface area is 73.0 Å². The van der Waals surface area contributed by atoms with Gasteiger partial charge in [0.1, 0.15) is 5.82 Å². The van der Waals surface area contributed by atoms with E-state index in [1.165, 1.54) is 0 Å². The Morgan fingerprint density at radius 2 is 2.27 bits per heavy atom. The molecule has 0 saturated heterocycles. The molecule has 2 heterocycles. The van der Waals surface area contributed by atoms with Crippen molar-refractivity contribution in [1.29, 1.82) is 0 Å². The van der Waals surface area contributed by atoms with E-state index in [1.54, 1.807) is 0 Å². The molecule has 0 fully saturated rings. The van der Waals surface area contributed by atoms with Crippen molar-refractivity contribution in [2.75, 3.05) is 0 Å². The van der Waals surface area contributed by atoms with Gasteiger partial charge in [0.05, 0.1) is 11.7 Å². The predicted octanol–water partition coefficient (Wildman–Crippen LogP) is 2.41. The number of rotatable bonds is 0. The van der Waals surface area contributed by atoms with E-state index < -0.39 is 0 Å². The number of hydrogen-bond donors (Lipinski definition) is 0. The Bertz CT molecular complexity index is 392. The summed E-state index contributed by atoms with van der Waals surface area (Å²) in [5.74, 6) is 1.02. The molecule has 0 aromatic carbocycles. The highest BCUT2D eigenvalue weighted by Crippen LogP contribution is 2.12. The number of hydrogen-bond acceptors (Lipinski definition) is 1. The predicted molar refractivity (Wildman–Crippen MR) is 47.6 cm³/mol. The molecule has 0 radical (unpaired) electrons. The van der Waals surface area contributed by atoms with Crippen molar-refractivity contribution in [2.24, 2.45) is 0 Å². The maximum Gasteiger partial charge on any atom is 0.110 e. The highest BCUT2D eigenvalue weighted by Gasteiger charge is 1.96. The minimum Gasteiger partial charge on any atom is -0.303 e. The van der Waals surface area contributed by atoms with Crippen molar-refractivity contribution < 1.29 is 0 Å². The number of imidazole rings is 1. The zero-order chi connectivity index (χ0) is 7.84. The van der Waals surface area contributed by atoms with Crippen LogP contribution in [0.25, 0.3) is 5.52 Å². The van der Waals surface area contributed by atoms with Gasteiger partial charge in [-0.3, -0.25) is 0 Å². The third-order valence-electron chi connectivity index (χ3n) is 1.68. The van der Waals surface area contributed by atoms with Crippen LogP contribution in [0.5, 0.6) is 0 Å². The van der Waals surface area contributed by atoms with Crippen LogP contribution >= 0.6 is 15.9 Å². The Morgan fingerprint density at radius 3 is 3.09 bits per heavy atom. The third kappa shape index (κ3) is 1.05. The van der Waals surface area contributed by atoms with Crippen LogP contribution in [0.1, 0.15) is 5.82 Å². The highest BCUT2D eigenvalue weighted by atomic mass is 79.9. The molecular weight excluding hydrogens is 204 g/mol. The standard InChI is InChI=1S/C8H7BrN2/c1-6-10-4-8-3-2-7(9)5-11(6)8/h2-5H,1H3. The van der Waals surface area contributed by atoms with E-state index in [-0.39, 0.29) is 0 Å². The van der Waals surface area contributed by atoms with E-state index in [0.717, 1.165) is 15.8 Å². The lowest BCUT2D eigenvalue weighted by Crippen LogP contribution is -1.85. The van der Waals surface area contributed by atoms with Crippen molar-refractivity contribution in [2.45, 2.75) is 6.92 Å². The molecule has 0 amide bonds. The van der Waals surface area contributed by atoms with Gasteiger partial charge in [0, 0.05) is 10.7 Å². The fourth-order valence-electron chi connectivity index (χ4n) is 1.09. The van der Waals surface area contributed by atoms with Gasteiger partial charge < -0.3 is 4.40 Å². The maximum absolute atomic E-state index is 4.18. The molecule has 0 spiro atoms. The van der Waals surface area contributed by atoms with Crippen LogP contribution in [0.15, 0.2) is 29.0 Å². The summed E-state index contributed by atoms with van der Waals surface area (Å²) in [6.07, 6.45) is 3.87. The minimum absolute atomic E-state index is 1.02. The largest absolute Gasteiger partial charge is 0.303 e. The van der Waals surface area contributed by atoms with E-state index in [2.05, 4.69) is 20.9 Å². The third-order valence-corrected chi connectivity index (χ3v) is 2.15. The molecule has 0 aliphatic rings. The van der Waals surface area contributed by atoms with Crippen molar-refractivity contribution in [3.05, 3.63) is 34.8 Å². The molecule has 56 valence electrons. The molecule has 0 aliphatic heterocycles. The minimum atomic E-state index is 1.02. The average molecular weight is 211 g/mol. The van der Waals surface area contributed by atoms with Gasteiger partial charge >= 0.3 is 0 Å². The SMILES string of the molecule is Cc1ncc2ccc(Br)cn12. The lowest BCUT2D eigenvalue weighted by atomic mass is 10.4. The molecule has 11 heavy (non-hydrogen) atoms. The van der Waals surface area contributed by atoms with Gasteiger partial charge in [-0.1, -0.05) is 0 Å². The number of aryl methyl sites for hydroxylation is 1. The molecule has 2 aromatic rings. The van der Waals surface area contributed by atoms with E-state index >= 15 is 0 Å². The van der Waals surface area contributed by atoms with Crippen LogP contribution in [0.3, 0.4) is 0 Å². The lowest BCUT2D eigenvalue weighted by molar-refractivity contribution is 1.04. The van der Waals surface area contributed by atoms with Gasteiger partial charge in [-0.25, -0.2) is 4.98 Å². The molecule has 2 aromatic heterocycles. The van der Waals surface area contributed by atoms with E-state index in [4.69, 9.17) is 0 Å². The van der Waals surface area contributed by atoms with Crippen LogP contribution in [-0.4, -0.2) is 9.38 Å². The summed E-state index contributed by atoms with van der Waals surface area (Å²) < 4.78 is 3.12. The van der Waals surface area contributed by atoms with Crippen molar-refractivity contribution >= 4 is 21.4 Å². The fraction of sp³-hybridized carbons (Fsp3) is 0.125. The molecule has 0 atom stereocenters.